The summed E-state index contributed by atoms with van der Waals surface area (Å²) in [6.07, 6.45) is -1.12. The highest BCUT2D eigenvalue weighted by atomic mass is 16.5. The normalized spacial score (nSPS) is 13.5. The second-order valence-electron chi connectivity index (χ2n) is 2.63. The number of carboxylic acid groups (broad SMARTS) is 1. The number of hydrogen-bond acceptors (Lipinski definition) is 3. The van der Waals surface area contributed by atoms with Gasteiger partial charge in [-0.3, -0.25) is 4.79 Å². The maximum absolute atomic E-state index is 10.0. The van der Waals surface area contributed by atoms with Crippen molar-refractivity contribution in [2.75, 3.05) is 6.61 Å². The summed E-state index contributed by atoms with van der Waals surface area (Å²) < 4.78 is 4.99. The number of ether oxygens (including phenoxy) is 1. The van der Waals surface area contributed by atoms with E-state index in [1.54, 1.807) is 0 Å². The van der Waals surface area contributed by atoms with Crippen LogP contribution < -0.4 is 0 Å². The highest BCUT2D eigenvalue weighted by molar-refractivity contribution is 5.67. The van der Waals surface area contributed by atoms with Gasteiger partial charge in [-0.1, -0.05) is 0 Å². The average molecular weight is 162 g/mol. The Balaban J connectivity index is 3.37. The number of carbonyl (C=O) groups is 1. The second-order valence-corrected chi connectivity index (χ2v) is 2.63. The Bertz CT molecular complexity index is 122. The summed E-state index contributed by atoms with van der Waals surface area (Å²) in [6, 6.07) is 0. The lowest BCUT2D eigenvalue weighted by molar-refractivity contribution is -0.140. The van der Waals surface area contributed by atoms with Crippen LogP contribution in [0.4, 0.5) is 0 Å². The molecule has 1 atom stereocenters. The number of aliphatic hydroxyl groups excluding tert-OH is 1. The topological polar surface area (TPSA) is 66.8 Å². The quantitative estimate of drug-likeness (QED) is 0.608. The molecule has 0 amide bonds. The van der Waals surface area contributed by atoms with E-state index in [9.17, 15) is 4.79 Å². The van der Waals surface area contributed by atoms with Crippen LogP contribution in [0.3, 0.4) is 0 Å². The maximum Gasteiger partial charge on any atom is 0.306 e. The van der Waals surface area contributed by atoms with Crippen molar-refractivity contribution in [3.63, 3.8) is 0 Å². The Morgan fingerprint density at radius 1 is 1.55 bits per heavy atom. The summed E-state index contributed by atoms with van der Waals surface area (Å²) in [4.78, 5) is 10.0. The minimum Gasteiger partial charge on any atom is -0.481 e. The third-order valence-electron chi connectivity index (χ3n) is 1.03. The lowest BCUT2D eigenvalue weighted by Crippen LogP contribution is -2.21. The average Bonchev–Trinajstić information content (AvgIpc) is 1.82. The molecule has 66 valence electrons. The van der Waals surface area contributed by atoms with Gasteiger partial charge >= 0.3 is 5.97 Å². The molecular weight excluding hydrogens is 148 g/mol. The molecule has 0 radical (unpaired) electrons. The van der Waals surface area contributed by atoms with Crippen molar-refractivity contribution < 1.29 is 19.7 Å². The van der Waals surface area contributed by atoms with E-state index in [1.807, 2.05) is 13.8 Å². The first-order valence-electron chi connectivity index (χ1n) is 3.54. The van der Waals surface area contributed by atoms with Gasteiger partial charge in [-0.25, -0.2) is 0 Å². The molecule has 0 unspecified atom stereocenters. The van der Waals surface area contributed by atoms with Gasteiger partial charge in [0, 0.05) is 0 Å². The molecule has 4 nitrogen and oxygen atoms in total. The molecule has 0 saturated heterocycles. The molecule has 0 rings (SSSR count). The number of aliphatic carboxylic acids is 1. The molecular formula is C7H14O4. The molecule has 4 heteroatoms. The highest BCUT2D eigenvalue weighted by Crippen LogP contribution is 1.95. The van der Waals surface area contributed by atoms with Gasteiger partial charge in [0.2, 0.25) is 0 Å². The van der Waals surface area contributed by atoms with Gasteiger partial charge in [0.05, 0.1) is 25.2 Å². The molecule has 0 aromatic rings. The largest absolute Gasteiger partial charge is 0.481 e. The van der Waals surface area contributed by atoms with Crippen LogP contribution in [-0.2, 0) is 9.53 Å². The van der Waals surface area contributed by atoms with Gasteiger partial charge in [-0.2, -0.15) is 0 Å². The summed E-state index contributed by atoms with van der Waals surface area (Å²) in [5.41, 5.74) is 0. The molecule has 0 aliphatic heterocycles. The first-order chi connectivity index (χ1) is 5.02. The Morgan fingerprint density at radius 3 is 2.45 bits per heavy atom. The van der Waals surface area contributed by atoms with E-state index in [2.05, 4.69) is 0 Å². The fraction of sp³-hybridized carbons (Fsp3) is 0.857. The van der Waals surface area contributed by atoms with Crippen molar-refractivity contribution in [3.05, 3.63) is 0 Å². The lowest BCUT2D eigenvalue weighted by Gasteiger charge is -2.10. The standard InChI is InChI=1S/C7H14O4/c1-5(2)11-4-6(8)3-7(9)10/h5-6,8H,3-4H2,1-2H3,(H,9,10)/t6-/m1/s1. The fourth-order valence-electron chi connectivity index (χ4n) is 0.564. The van der Waals surface area contributed by atoms with Gasteiger partial charge in [-0.05, 0) is 13.8 Å². The van der Waals surface area contributed by atoms with Crippen LogP contribution in [-0.4, -0.2) is 35.0 Å². The molecule has 0 aromatic carbocycles. The first kappa shape index (κ1) is 10.4. The molecule has 0 spiro atoms. The predicted molar refractivity (Wildman–Crippen MR) is 39.3 cm³/mol. The van der Waals surface area contributed by atoms with E-state index in [0.29, 0.717) is 0 Å². The Labute approximate surface area is 65.8 Å². The van der Waals surface area contributed by atoms with Crippen LogP contribution in [0.1, 0.15) is 20.3 Å². The Hall–Kier alpha value is -0.610. The fourth-order valence-corrected chi connectivity index (χ4v) is 0.564. The Kier molecular flexibility index (Phi) is 4.81. The second kappa shape index (κ2) is 5.09. The smallest absolute Gasteiger partial charge is 0.306 e. The minimum atomic E-state index is -1.01. The van der Waals surface area contributed by atoms with Crippen LogP contribution in [0.15, 0.2) is 0 Å². The molecule has 0 aliphatic rings. The van der Waals surface area contributed by atoms with Crippen LogP contribution in [0.2, 0.25) is 0 Å². The maximum atomic E-state index is 10.0. The van der Waals surface area contributed by atoms with Crippen molar-refractivity contribution in [3.8, 4) is 0 Å². The molecule has 0 saturated carbocycles. The summed E-state index contributed by atoms with van der Waals surface area (Å²) in [7, 11) is 0. The van der Waals surface area contributed by atoms with Gasteiger partial charge in [0.1, 0.15) is 0 Å². The van der Waals surface area contributed by atoms with E-state index in [1.165, 1.54) is 0 Å². The number of carboxylic acids is 1. The SMILES string of the molecule is CC(C)OC[C@H](O)CC(=O)O. The molecule has 11 heavy (non-hydrogen) atoms. The highest BCUT2D eigenvalue weighted by Gasteiger charge is 2.09. The van der Waals surface area contributed by atoms with Gasteiger partial charge in [0.15, 0.2) is 0 Å². The third kappa shape index (κ3) is 7.29. The van der Waals surface area contributed by atoms with Gasteiger partial charge < -0.3 is 14.9 Å². The summed E-state index contributed by atoms with van der Waals surface area (Å²) >= 11 is 0. The van der Waals surface area contributed by atoms with Crippen LogP contribution >= 0.6 is 0 Å². The van der Waals surface area contributed by atoms with Gasteiger partial charge in [-0.15, -0.1) is 0 Å². The summed E-state index contributed by atoms with van der Waals surface area (Å²) in [6.45, 7) is 3.74. The van der Waals surface area contributed by atoms with Crippen LogP contribution in [0.5, 0.6) is 0 Å². The molecule has 2 N–H and O–H groups in total. The van der Waals surface area contributed by atoms with Crippen LogP contribution in [0, 0.1) is 0 Å². The predicted octanol–water partition coefficient (Wildman–Crippen LogP) is 0.247. The molecule has 0 fully saturated rings. The van der Waals surface area contributed by atoms with Crippen molar-refractivity contribution in [1.29, 1.82) is 0 Å². The van der Waals surface area contributed by atoms with Crippen molar-refractivity contribution in [2.45, 2.75) is 32.5 Å². The number of hydrogen-bond donors (Lipinski definition) is 2. The Morgan fingerprint density at radius 2 is 2.09 bits per heavy atom. The number of rotatable bonds is 5. The van der Waals surface area contributed by atoms with E-state index < -0.39 is 12.1 Å². The zero-order valence-electron chi connectivity index (χ0n) is 6.78. The zero-order chi connectivity index (χ0) is 8.85. The van der Waals surface area contributed by atoms with E-state index >= 15 is 0 Å². The van der Waals surface area contributed by atoms with Crippen molar-refractivity contribution in [2.24, 2.45) is 0 Å². The lowest BCUT2D eigenvalue weighted by atomic mass is 10.3. The minimum absolute atomic E-state index is 0.0263. The number of aliphatic hydroxyl groups is 1. The van der Waals surface area contributed by atoms with Crippen LogP contribution in [0.25, 0.3) is 0 Å². The third-order valence-corrected chi connectivity index (χ3v) is 1.03. The monoisotopic (exact) mass is 162 g/mol. The molecule has 0 aromatic heterocycles. The van der Waals surface area contributed by atoms with Crippen molar-refractivity contribution in [1.82, 2.24) is 0 Å². The molecule has 0 aliphatic carbocycles. The van der Waals surface area contributed by atoms with Crippen molar-refractivity contribution >= 4 is 5.97 Å². The van der Waals surface area contributed by atoms with E-state index in [0.717, 1.165) is 0 Å². The zero-order valence-corrected chi connectivity index (χ0v) is 6.78. The molecule has 0 bridgehead atoms. The van der Waals surface area contributed by atoms with Gasteiger partial charge in [0.25, 0.3) is 0 Å². The van der Waals surface area contributed by atoms with E-state index in [4.69, 9.17) is 14.9 Å². The summed E-state index contributed by atoms with van der Waals surface area (Å²) in [5.74, 6) is -1.01. The van der Waals surface area contributed by atoms with E-state index in [-0.39, 0.29) is 19.1 Å². The summed E-state index contributed by atoms with van der Waals surface area (Å²) in [5, 5.41) is 17.2. The first-order valence-corrected chi connectivity index (χ1v) is 3.54. The molecule has 0 heterocycles.